The largest absolute Gasteiger partial charge is 0.457 e. The predicted octanol–water partition coefficient (Wildman–Crippen LogP) is 4.41. The van der Waals surface area contributed by atoms with E-state index in [9.17, 15) is 4.79 Å². The third-order valence-electron chi connectivity index (χ3n) is 4.56. The van der Waals surface area contributed by atoms with E-state index in [4.69, 9.17) is 16.3 Å². The number of nitrogens with zero attached hydrogens (tertiary/aromatic N) is 2. The summed E-state index contributed by atoms with van der Waals surface area (Å²) in [4.78, 5) is 12.6. The van der Waals surface area contributed by atoms with Crippen LogP contribution in [0.1, 0.15) is 28.4 Å². The van der Waals surface area contributed by atoms with Crippen molar-refractivity contribution >= 4 is 23.6 Å². The molecule has 27 heavy (non-hydrogen) atoms. The second-order valence-electron chi connectivity index (χ2n) is 6.37. The number of halogens is 1. The van der Waals surface area contributed by atoms with Crippen molar-refractivity contribution in [3.05, 3.63) is 82.1 Å². The Bertz CT molecular complexity index is 1010. The number of hydrogen-bond acceptors (Lipinski definition) is 3. The zero-order valence-corrected chi connectivity index (χ0v) is 15.7. The number of fused-ring (bicyclic) bond motifs is 2. The van der Waals surface area contributed by atoms with Gasteiger partial charge in [-0.2, -0.15) is 5.10 Å². The third kappa shape index (κ3) is 3.22. The summed E-state index contributed by atoms with van der Waals surface area (Å²) >= 11 is 6.22. The third-order valence-corrected chi connectivity index (χ3v) is 5.01. The van der Waals surface area contributed by atoms with Crippen molar-refractivity contribution in [2.45, 2.75) is 13.0 Å². The molecule has 1 N–H and O–H groups in total. The van der Waals surface area contributed by atoms with Crippen molar-refractivity contribution in [1.82, 2.24) is 15.1 Å². The van der Waals surface area contributed by atoms with Crippen LogP contribution in [0.3, 0.4) is 0 Å². The second-order valence-corrected chi connectivity index (χ2v) is 6.72. The molecule has 0 spiro atoms. The highest BCUT2D eigenvalue weighted by Crippen LogP contribution is 2.42. The fourth-order valence-corrected chi connectivity index (χ4v) is 3.49. The highest BCUT2D eigenvalue weighted by atomic mass is 35.5. The number of nitrogens with one attached hydrogen (secondary N) is 1. The molecule has 6 heteroatoms. The molecule has 1 aliphatic heterocycles. The van der Waals surface area contributed by atoms with Gasteiger partial charge in [-0.3, -0.25) is 9.48 Å². The molecular weight excluding hydrogens is 362 g/mol. The van der Waals surface area contributed by atoms with Crippen LogP contribution in [0.2, 0.25) is 5.15 Å². The number of amides is 1. The Morgan fingerprint density at radius 1 is 1.15 bits per heavy atom. The SMILES string of the molecule is Cc1nn(C)c(Cl)c1/C=C/C(=O)NC1c2ccccc2Oc2ccccc21. The molecule has 0 fully saturated rings. The lowest BCUT2D eigenvalue weighted by molar-refractivity contribution is -0.116. The van der Waals surface area contributed by atoms with Gasteiger partial charge in [-0.25, -0.2) is 0 Å². The average molecular weight is 380 g/mol. The lowest BCUT2D eigenvalue weighted by Gasteiger charge is -2.28. The molecule has 1 aromatic heterocycles. The fourth-order valence-electron chi connectivity index (χ4n) is 3.25. The minimum atomic E-state index is -0.284. The maximum Gasteiger partial charge on any atom is 0.244 e. The molecule has 0 saturated heterocycles. The summed E-state index contributed by atoms with van der Waals surface area (Å²) in [5.74, 6) is 1.28. The summed E-state index contributed by atoms with van der Waals surface area (Å²) in [6.45, 7) is 1.86. The van der Waals surface area contributed by atoms with Crippen molar-refractivity contribution in [3.8, 4) is 11.5 Å². The van der Waals surface area contributed by atoms with E-state index in [1.54, 1.807) is 17.8 Å². The van der Waals surface area contributed by atoms with Gasteiger partial charge in [-0.1, -0.05) is 48.0 Å². The van der Waals surface area contributed by atoms with Crippen LogP contribution in [0.5, 0.6) is 11.5 Å². The molecule has 0 aliphatic carbocycles. The zero-order valence-electron chi connectivity index (χ0n) is 14.9. The summed E-state index contributed by atoms with van der Waals surface area (Å²) < 4.78 is 7.54. The number of aromatic nitrogens is 2. The molecule has 0 radical (unpaired) electrons. The molecule has 1 amide bonds. The van der Waals surface area contributed by atoms with E-state index in [-0.39, 0.29) is 11.9 Å². The van der Waals surface area contributed by atoms with Crippen LogP contribution >= 0.6 is 11.6 Å². The Labute approximate surface area is 162 Å². The first-order valence-corrected chi connectivity index (χ1v) is 8.96. The standard InChI is InChI=1S/C21H18ClN3O2/c1-13-14(21(22)25(2)24-13)11-12-19(26)23-20-15-7-3-5-9-17(15)27-18-10-6-4-8-16(18)20/h3-12,20H,1-2H3,(H,23,26)/b12-11+. The molecule has 2 heterocycles. The van der Waals surface area contributed by atoms with Gasteiger partial charge in [-0.15, -0.1) is 0 Å². The lowest BCUT2D eigenvalue weighted by atomic mass is 9.94. The van der Waals surface area contributed by atoms with Gasteiger partial charge < -0.3 is 10.1 Å². The lowest BCUT2D eigenvalue weighted by Crippen LogP contribution is -2.29. The molecule has 0 saturated carbocycles. The Hall–Kier alpha value is -3.05. The first-order chi connectivity index (χ1) is 13.0. The van der Waals surface area contributed by atoms with Crippen LogP contribution in [0.4, 0.5) is 0 Å². The number of rotatable bonds is 3. The summed E-state index contributed by atoms with van der Waals surface area (Å²) in [7, 11) is 1.77. The number of carbonyl (C=O) groups excluding carboxylic acids is 1. The molecule has 2 aromatic carbocycles. The van der Waals surface area contributed by atoms with E-state index in [2.05, 4.69) is 10.4 Å². The van der Waals surface area contributed by atoms with E-state index < -0.39 is 0 Å². The van der Waals surface area contributed by atoms with E-state index in [0.717, 1.165) is 33.9 Å². The monoisotopic (exact) mass is 379 g/mol. The van der Waals surface area contributed by atoms with Gasteiger partial charge in [0.2, 0.25) is 5.91 Å². The van der Waals surface area contributed by atoms with Gasteiger partial charge >= 0.3 is 0 Å². The van der Waals surface area contributed by atoms with Crippen LogP contribution in [-0.2, 0) is 11.8 Å². The Morgan fingerprint density at radius 2 is 1.74 bits per heavy atom. The normalized spacial score (nSPS) is 13.1. The van der Waals surface area contributed by atoms with E-state index in [0.29, 0.717) is 5.15 Å². The summed E-state index contributed by atoms with van der Waals surface area (Å²) in [6.07, 6.45) is 3.17. The Morgan fingerprint density at radius 3 is 2.30 bits per heavy atom. The number of ether oxygens (including phenoxy) is 1. The second kappa shape index (κ2) is 6.93. The molecule has 5 nitrogen and oxygen atoms in total. The van der Waals surface area contributed by atoms with Crippen molar-refractivity contribution < 1.29 is 9.53 Å². The number of carbonyl (C=O) groups is 1. The molecule has 1 aliphatic rings. The Balaban J connectivity index is 1.62. The number of para-hydroxylation sites is 2. The minimum Gasteiger partial charge on any atom is -0.457 e. The molecule has 0 atom stereocenters. The van der Waals surface area contributed by atoms with Gasteiger partial charge in [0.05, 0.1) is 11.7 Å². The summed E-state index contributed by atoms with van der Waals surface area (Å²) in [6, 6.07) is 15.1. The van der Waals surface area contributed by atoms with Crippen LogP contribution in [-0.4, -0.2) is 15.7 Å². The molecule has 4 rings (SSSR count). The van der Waals surface area contributed by atoms with Crippen molar-refractivity contribution in [2.75, 3.05) is 0 Å². The van der Waals surface area contributed by atoms with Crippen LogP contribution in [0.15, 0.2) is 54.6 Å². The maximum absolute atomic E-state index is 12.6. The molecule has 0 bridgehead atoms. The minimum absolute atomic E-state index is 0.217. The summed E-state index contributed by atoms with van der Waals surface area (Å²) in [5, 5.41) is 7.82. The maximum atomic E-state index is 12.6. The average Bonchev–Trinajstić information content (AvgIpc) is 2.91. The summed E-state index contributed by atoms with van der Waals surface area (Å²) in [5.41, 5.74) is 3.36. The fraction of sp³-hybridized carbons (Fsp3) is 0.143. The highest BCUT2D eigenvalue weighted by molar-refractivity contribution is 6.31. The predicted molar refractivity (Wildman–Crippen MR) is 105 cm³/mol. The quantitative estimate of drug-likeness (QED) is 0.686. The van der Waals surface area contributed by atoms with Gasteiger partial charge in [0.1, 0.15) is 16.7 Å². The van der Waals surface area contributed by atoms with Crippen LogP contribution < -0.4 is 10.1 Å². The topological polar surface area (TPSA) is 56.2 Å². The van der Waals surface area contributed by atoms with Crippen molar-refractivity contribution in [3.63, 3.8) is 0 Å². The number of aryl methyl sites for hydroxylation is 2. The van der Waals surface area contributed by atoms with Crippen LogP contribution in [0, 0.1) is 6.92 Å². The van der Waals surface area contributed by atoms with Gasteiger partial charge in [0.25, 0.3) is 0 Å². The van der Waals surface area contributed by atoms with E-state index in [1.807, 2.05) is 55.5 Å². The number of hydrogen-bond donors (Lipinski definition) is 1. The smallest absolute Gasteiger partial charge is 0.244 e. The number of benzene rings is 2. The Kier molecular flexibility index (Phi) is 4.46. The van der Waals surface area contributed by atoms with Gasteiger partial charge in [0.15, 0.2) is 0 Å². The van der Waals surface area contributed by atoms with Crippen molar-refractivity contribution in [1.29, 1.82) is 0 Å². The van der Waals surface area contributed by atoms with Gasteiger partial charge in [0, 0.05) is 29.8 Å². The first kappa shape index (κ1) is 17.4. The molecular formula is C21H18ClN3O2. The van der Waals surface area contributed by atoms with Crippen LogP contribution in [0.25, 0.3) is 6.08 Å². The van der Waals surface area contributed by atoms with E-state index >= 15 is 0 Å². The first-order valence-electron chi connectivity index (χ1n) is 8.58. The van der Waals surface area contributed by atoms with E-state index in [1.165, 1.54) is 6.08 Å². The molecule has 3 aromatic rings. The van der Waals surface area contributed by atoms with Gasteiger partial charge in [-0.05, 0) is 25.1 Å². The highest BCUT2D eigenvalue weighted by Gasteiger charge is 2.27. The van der Waals surface area contributed by atoms with Crippen molar-refractivity contribution in [2.24, 2.45) is 7.05 Å². The molecule has 0 unspecified atom stereocenters. The zero-order chi connectivity index (χ0) is 19.0. The molecule has 136 valence electrons.